The highest BCUT2D eigenvalue weighted by molar-refractivity contribution is 5.72. The van der Waals surface area contributed by atoms with Gasteiger partial charge in [0.05, 0.1) is 7.11 Å². The van der Waals surface area contributed by atoms with Crippen LogP contribution in [0.2, 0.25) is 0 Å². The van der Waals surface area contributed by atoms with Gasteiger partial charge in [0.25, 0.3) is 0 Å². The summed E-state index contributed by atoms with van der Waals surface area (Å²) in [4.78, 5) is 14.6. The van der Waals surface area contributed by atoms with E-state index >= 15 is 0 Å². The van der Waals surface area contributed by atoms with Crippen LogP contribution in [0.5, 0.6) is 5.88 Å². The molecule has 0 atom stereocenters. The van der Waals surface area contributed by atoms with Crippen molar-refractivity contribution in [2.24, 2.45) is 0 Å². The molecule has 0 spiro atoms. The number of carbonyl (C=O) groups excluding carboxylic acids is 1. The van der Waals surface area contributed by atoms with Gasteiger partial charge in [-0.25, -0.2) is 4.98 Å². The second-order valence-electron chi connectivity index (χ2n) is 2.58. The van der Waals surface area contributed by atoms with Crippen molar-refractivity contribution < 1.29 is 9.53 Å². The van der Waals surface area contributed by atoms with E-state index in [9.17, 15) is 4.79 Å². The van der Waals surface area contributed by atoms with Crippen LogP contribution >= 0.6 is 0 Å². The Morgan fingerprint density at radius 2 is 2.46 bits per heavy atom. The van der Waals surface area contributed by atoms with Crippen LogP contribution in [-0.2, 0) is 11.3 Å². The molecule has 0 aliphatic heterocycles. The Labute approximate surface area is 76.9 Å². The van der Waals surface area contributed by atoms with E-state index in [1.165, 1.54) is 6.92 Å². The molecule has 70 valence electrons. The molecule has 0 bridgehead atoms. The summed E-state index contributed by atoms with van der Waals surface area (Å²) in [7, 11) is 1.56. The van der Waals surface area contributed by atoms with E-state index in [2.05, 4.69) is 10.3 Å². The first-order chi connectivity index (χ1) is 6.24. The molecule has 0 fully saturated rings. The average Bonchev–Trinajstić information content (AvgIpc) is 2.15. The minimum atomic E-state index is -0.0640. The Kier molecular flexibility index (Phi) is 3.25. The van der Waals surface area contributed by atoms with Gasteiger partial charge in [-0.1, -0.05) is 6.07 Å². The fourth-order valence-electron chi connectivity index (χ4n) is 0.962. The van der Waals surface area contributed by atoms with Gasteiger partial charge in [0.2, 0.25) is 11.8 Å². The highest BCUT2D eigenvalue weighted by Crippen LogP contribution is 2.12. The maximum Gasteiger partial charge on any atom is 0.218 e. The molecule has 4 heteroatoms. The van der Waals surface area contributed by atoms with Crippen molar-refractivity contribution in [1.29, 1.82) is 0 Å². The number of nitrogens with one attached hydrogen (secondary N) is 1. The Balaban J connectivity index is 2.69. The van der Waals surface area contributed by atoms with Crippen molar-refractivity contribution in [3.63, 3.8) is 0 Å². The number of rotatable bonds is 3. The number of hydrogen-bond acceptors (Lipinski definition) is 3. The lowest BCUT2D eigenvalue weighted by Gasteiger charge is -2.06. The number of nitrogens with zero attached hydrogens (tertiary/aromatic N) is 1. The quantitative estimate of drug-likeness (QED) is 0.745. The summed E-state index contributed by atoms with van der Waals surface area (Å²) in [6.45, 7) is 1.93. The van der Waals surface area contributed by atoms with Crippen molar-refractivity contribution in [1.82, 2.24) is 10.3 Å². The zero-order valence-electron chi connectivity index (χ0n) is 7.70. The first-order valence-electron chi connectivity index (χ1n) is 3.96. The van der Waals surface area contributed by atoms with Crippen molar-refractivity contribution in [2.45, 2.75) is 13.5 Å². The van der Waals surface area contributed by atoms with Gasteiger partial charge < -0.3 is 10.1 Å². The van der Waals surface area contributed by atoms with Crippen LogP contribution in [0.25, 0.3) is 0 Å². The number of aromatic nitrogens is 1. The Bertz CT molecular complexity index is 299. The Morgan fingerprint density at radius 3 is 3.08 bits per heavy atom. The number of ether oxygens (including phenoxy) is 1. The molecule has 0 aliphatic rings. The van der Waals surface area contributed by atoms with E-state index < -0.39 is 0 Å². The van der Waals surface area contributed by atoms with Gasteiger partial charge in [0.15, 0.2) is 0 Å². The van der Waals surface area contributed by atoms with E-state index in [0.29, 0.717) is 12.4 Å². The van der Waals surface area contributed by atoms with Gasteiger partial charge in [0.1, 0.15) is 0 Å². The molecule has 1 amide bonds. The second kappa shape index (κ2) is 4.45. The van der Waals surface area contributed by atoms with Crippen molar-refractivity contribution >= 4 is 5.91 Å². The maximum absolute atomic E-state index is 10.6. The largest absolute Gasteiger partial charge is 0.481 e. The summed E-state index contributed by atoms with van der Waals surface area (Å²) < 4.78 is 5.02. The molecule has 1 rings (SSSR count). The summed E-state index contributed by atoms with van der Waals surface area (Å²) in [6.07, 6.45) is 1.65. The molecule has 1 aromatic heterocycles. The standard InChI is InChI=1S/C9H12N2O2/c1-7(12)11-6-8-4-3-5-10-9(8)13-2/h3-5H,6H2,1-2H3,(H,11,12). The monoisotopic (exact) mass is 180 g/mol. The van der Waals surface area contributed by atoms with Gasteiger partial charge >= 0.3 is 0 Å². The fraction of sp³-hybridized carbons (Fsp3) is 0.333. The third-order valence-corrected chi connectivity index (χ3v) is 1.57. The predicted molar refractivity (Wildman–Crippen MR) is 48.3 cm³/mol. The minimum absolute atomic E-state index is 0.0640. The molecule has 1 aromatic rings. The first kappa shape index (κ1) is 9.51. The Morgan fingerprint density at radius 1 is 1.69 bits per heavy atom. The highest BCUT2D eigenvalue weighted by Gasteiger charge is 2.02. The summed E-state index contributed by atoms with van der Waals surface area (Å²) in [5, 5.41) is 2.68. The van der Waals surface area contributed by atoms with Crippen LogP contribution in [0.4, 0.5) is 0 Å². The normalized spacial score (nSPS) is 9.38. The lowest BCUT2D eigenvalue weighted by Crippen LogP contribution is -2.19. The molecule has 0 aromatic carbocycles. The summed E-state index contributed by atoms with van der Waals surface area (Å²) >= 11 is 0. The lowest BCUT2D eigenvalue weighted by molar-refractivity contribution is -0.119. The molecule has 1 N–H and O–H groups in total. The molecule has 0 aliphatic carbocycles. The predicted octanol–water partition coefficient (Wildman–Crippen LogP) is 0.726. The molecule has 0 saturated carbocycles. The molecule has 0 unspecified atom stereocenters. The number of amides is 1. The molecular weight excluding hydrogens is 168 g/mol. The van der Waals surface area contributed by atoms with Gasteiger partial charge in [-0.15, -0.1) is 0 Å². The van der Waals surface area contributed by atoms with Crippen molar-refractivity contribution in [3.8, 4) is 5.88 Å². The lowest BCUT2D eigenvalue weighted by atomic mass is 10.2. The number of hydrogen-bond donors (Lipinski definition) is 1. The molecule has 4 nitrogen and oxygen atoms in total. The summed E-state index contributed by atoms with van der Waals surface area (Å²) in [5.41, 5.74) is 0.875. The van der Waals surface area contributed by atoms with Crippen LogP contribution in [0.15, 0.2) is 18.3 Å². The van der Waals surface area contributed by atoms with Crippen LogP contribution in [-0.4, -0.2) is 18.0 Å². The van der Waals surface area contributed by atoms with Crippen LogP contribution in [0, 0.1) is 0 Å². The van der Waals surface area contributed by atoms with E-state index in [4.69, 9.17) is 4.74 Å². The molecule has 0 saturated heterocycles. The molecular formula is C9H12N2O2. The zero-order valence-corrected chi connectivity index (χ0v) is 7.70. The molecule has 1 heterocycles. The maximum atomic E-state index is 10.6. The third-order valence-electron chi connectivity index (χ3n) is 1.57. The van der Waals surface area contributed by atoms with Crippen LogP contribution in [0.1, 0.15) is 12.5 Å². The fourth-order valence-corrected chi connectivity index (χ4v) is 0.962. The van der Waals surface area contributed by atoms with E-state index in [1.54, 1.807) is 19.4 Å². The molecule has 13 heavy (non-hydrogen) atoms. The van der Waals surface area contributed by atoms with Crippen molar-refractivity contribution in [2.75, 3.05) is 7.11 Å². The number of carbonyl (C=O) groups is 1. The highest BCUT2D eigenvalue weighted by atomic mass is 16.5. The summed E-state index contributed by atoms with van der Waals surface area (Å²) in [6, 6.07) is 3.67. The van der Waals surface area contributed by atoms with Crippen LogP contribution in [0.3, 0.4) is 0 Å². The van der Waals surface area contributed by atoms with Gasteiger partial charge in [-0.2, -0.15) is 0 Å². The van der Waals surface area contributed by atoms with Gasteiger partial charge in [-0.05, 0) is 6.07 Å². The summed E-state index contributed by atoms with van der Waals surface area (Å²) in [5.74, 6) is 0.488. The van der Waals surface area contributed by atoms with E-state index in [-0.39, 0.29) is 5.91 Å². The smallest absolute Gasteiger partial charge is 0.218 e. The number of methoxy groups -OCH3 is 1. The molecule has 0 radical (unpaired) electrons. The number of pyridine rings is 1. The van der Waals surface area contributed by atoms with E-state index in [0.717, 1.165) is 5.56 Å². The first-order valence-corrected chi connectivity index (χ1v) is 3.96. The Hall–Kier alpha value is -1.58. The van der Waals surface area contributed by atoms with Gasteiger partial charge in [0, 0.05) is 25.2 Å². The van der Waals surface area contributed by atoms with Crippen molar-refractivity contribution in [3.05, 3.63) is 23.9 Å². The van der Waals surface area contributed by atoms with Crippen LogP contribution < -0.4 is 10.1 Å². The second-order valence-corrected chi connectivity index (χ2v) is 2.58. The van der Waals surface area contributed by atoms with Gasteiger partial charge in [-0.3, -0.25) is 4.79 Å². The minimum Gasteiger partial charge on any atom is -0.481 e. The topological polar surface area (TPSA) is 51.2 Å². The third kappa shape index (κ3) is 2.74. The SMILES string of the molecule is COc1ncccc1CNC(C)=O. The zero-order chi connectivity index (χ0) is 9.68. The van der Waals surface area contributed by atoms with E-state index in [1.807, 2.05) is 6.07 Å². The average molecular weight is 180 g/mol.